The van der Waals surface area contributed by atoms with Gasteiger partial charge in [-0.05, 0) is 48.4 Å². The first-order chi connectivity index (χ1) is 8.56. The zero-order valence-electron chi connectivity index (χ0n) is 10.1. The fourth-order valence-corrected chi connectivity index (χ4v) is 2.85. The lowest BCUT2D eigenvalue weighted by atomic mass is 10.2. The molecule has 2 aromatic rings. The van der Waals surface area contributed by atoms with Gasteiger partial charge in [-0.1, -0.05) is 12.1 Å². The number of nitrogens with two attached hydrogens (primary N) is 1. The Labute approximate surface area is 109 Å². The van der Waals surface area contributed by atoms with Crippen molar-refractivity contribution in [3.05, 3.63) is 53.6 Å². The molecule has 1 atom stereocenters. The molecule has 0 aliphatic rings. The molecule has 18 heavy (non-hydrogen) atoms. The fraction of sp³-hybridized carbons (Fsp3) is 0.143. The van der Waals surface area contributed by atoms with Gasteiger partial charge in [0.05, 0.1) is 16.6 Å². The third-order valence-electron chi connectivity index (χ3n) is 2.71. The van der Waals surface area contributed by atoms with Crippen LogP contribution in [-0.2, 0) is 16.6 Å². The Morgan fingerprint density at radius 3 is 2.67 bits per heavy atom. The van der Waals surface area contributed by atoms with Gasteiger partial charge >= 0.3 is 0 Å². The highest BCUT2D eigenvalue weighted by atomic mass is 32.2. The molecule has 0 aliphatic carbocycles. The minimum atomic E-state index is -1.13. The largest absolute Gasteiger partial charge is 0.508 e. The van der Waals surface area contributed by atoms with Gasteiger partial charge in [0, 0.05) is 10.6 Å². The van der Waals surface area contributed by atoms with E-state index in [9.17, 15) is 9.32 Å². The van der Waals surface area contributed by atoms with Gasteiger partial charge in [-0.2, -0.15) is 0 Å². The van der Waals surface area contributed by atoms with Gasteiger partial charge in [0.2, 0.25) is 0 Å². The number of benzene rings is 2. The average molecular weight is 261 g/mol. The monoisotopic (exact) mass is 261 g/mol. The molecule has 3 nitrogen and oxygen atoms in total. The van der Waals surface area contributed by atoms with E-state index in [-0.39, 0.29) is 5.75 Å². The molecule has 2 rings (SSSR count). The summed E-state index contributed by atoms with van der Waals surface area (Å²) in [6.45, 7) is 1.89. The molecule has 4 heteroatoms. The van der Waals surface area contributed by atoms with Crippen molar-refractivity contribution in [2.45, 2.75) is 17.6 Å². The van der Waals surface area contributed by atoms with Crippen LogP contribution in [0.25, 0.3) is 0 Å². The lowest BCUT2D eigenvalue weighted by Crippen LogP contribution is -1.98. The van der Waals surface area contributed by atoms with E-state index in [0.29, 0.717) is 11.4 Å². The normalized spacial score (nSPS) is 12.3. The summed E-state index contributed by atoms with van der Waals surface area (Å²) in [5.74, 6) is 0.579. The molecule has 94 valence electrons. The highest BCUT2D eigenvalue weighted by Gasteiger charge is 2.07. The summed E-state index contributed by atoms with van der Waals surface area (Å²) in [6, 6.07) is 12.2. The van der Waals surface area contributed by atoms with E-state index >= 15 is 0 Å². The summed E-state index contributed by atoms with van der Waals surface area (Å²) < 4.78 is 12.2. The number of phenols is 1. The lowest BCUT2D eigenvalue weighted by Gasteiger charge is -2.06. The minimum Gasteiger partial charge on any atom is -0.508 e. The molecule has 2 aromatic carbocycles. The van der Waals surface area contributed by atoms with Crippen LogP contribution in [0.15, 0.2) is 47.4 Å². The Morgan fingerprint density at radius 2 is 2.00 bits per heavy atom. The molecule has 0 amide bonds. The van der Waals surface area contributed by atoms with Gasteiger partial charge < -0.3 is 10.8 Å². The van der Waals surface area contributed by atoms with Gasteiger partial charge in [-0.25, -0.2) is 0 Å². The summed E-state index contributed by atoms with van der Waals surface area (Å²) in [4.78, 5) is 0.755. The number of nitrogen functional groups attached to an aromatic ring is 1. The van der Waals surface area contributed by atoms with Crippen molar-refractivity contribution in [2.24, 2.45) is 0 Å². The topological polar surface area (TPSA) is 63.3 Å². The number of anilines is 1. The molecular formula is C14H15NO2S. The van der Waals surface area contributed by atoms with Gasteiger partial charge in [-0.3, -0.25) is 4.21 Å². The molecule has 0 aliphatic heterocycles. The van der Waals surface area contributed by atoms with E-state index in [2.05, 4.69) is 0 Å². The number of phenolic OH excluding ortho intramolecular Hbond substituents is 1. The molecular weight excluding hydrogens is 246 g/mol. The second-order valence-corrected chi connectivity index (χ2v) is 5.63. The van der Waals surface area contributed by atoms with Crippen molar-refractivity contribution in [3.63, 3.8) is 0 Å². The summed E-state index contributed by atoms with van der Waals surface area (Å²) in [7, 11) is -1.13. The molecule has 0 spiro atoms. The number of hydrogen-bond donors (Lipinski definition) is 2. The van der Waals surface area contributed by atoms with E-state index in [0.717, 1.165) is 16.0 Å². The Kier molecular flexibility index (Phi) is 3.67. The lowest BCUT2D eigenvalue weighted by molar-refractivity contribution is 0.475. The number of aryl methyl sites for hydroxylation is 1. The van der Waals surface area contributed by atoms with Crippen molar-refractivity contribution in [1.29, 1.82) is 0 Å². The third-order valence-corrected chi connectivity index (χ3v) is 4.09. The molecule has 0 heterocycles. The maximum absolute atomic E-state index is 12.2. The predicted molar refractivity (Wildman–Crippen MR) is 73.8 cm³/mol. The van der Waals surface area contributed by atoms with E-state index in [1.807, 2.05) is 19.1 Å². The van der Waals surface area contributed by atoms with Crippen LogP contribution in [0, 0.1) is 6.92 Å². The first kappa shape index (κ1) is 12.6. The van der Waals surface area contributed by atoms with Crippen molar-refractivity contribution in [2.75, 3.05) is 5.73 Å². The van der Waals surface area contributed by atoms with Gasteiger partial charge in [0.1, 0.15) is 5.75 Å². The van der Waals surface area contributed by atoms with Gasteiger partial charge in [0.15, 0.2) is 0 Å². The molecule has 1 unspecified atom stereocenters. The first-order valence-electron chi connectivity index (χ1n) is 5.58. The molecule has 0 saturated carbocycles. The van der Waals surface area contributed by atoms with E-state index in [1.165, 1.54) is 0 Å². The molecule has 0 aromatic heterocycles. The fourth-order valence-electron chi connectivity index (χ4n) is 1.67. The maximum Gasteiger partial charge on any atom is 0.115 e. The zero-order chi connectivity index (χ0) is 13.1. The molecule has 0 bridgehead atoms. The highest BCUT2D eigenvalue weighted by molar-refractivity contribution is 7.84. The van der Waals surface area contributed by atoms with Crippen LogP contribution in [0.5, 0.6) is 5.75 Å². The van der Waals surface area contributed by atoms with Crippen molar-refractivity contribution in [1.82, 2.24) is 0 Å². The molecule has 0 fully saturated rings. The van der Waals surface area contributed by atoms with Crippen molar-refractivity contribution >= 4 is 16.5 Å². The molecule has 0 saturated heterocycles. The van der Waals surface area contributed by atoms with Crippen molar-refractivity contribution < 1.29 is 9.32 Å². The van der Waals surface area contributed by atoms with Crippen LogP contribution < -0.4 is 5.73 Å². The molecule has 3 N–H and O–H groups in total. The minimum absolute atomic E-state index is 0.193. The SMILES string of the molecule is Cc1cc(S(=O)Cc2cccc(O)c2)ccc1N. The second kappa shape index (κ2) is 5.23. The quantitative estimate of drug-likeness (QED) is 0.835. The van der Waals surface area contributed by atoms with E-state index < -0.39 is 10.8 Å². The Hall–Kier alpha value is -1.81. The van der Waals surface area contributed by atoms with Crippen LogP contribution in [0.1, 0.15) is 11.1 Å². The zero-order valence-corrected chi connectivity index (χ0v) is 10.9. The van der Waals surface area contributed by atoms with Crippen LogP contribution in [0.4, 0.5) is 5.69 Å². The predicted octanol–water partition coefficient (Wildman–Crippen LogP) is 2.59. The number of hydrogen-bond acceptors (Lipinski definition) is 3. The van der Waals surface area contributed by atoms with E-state index in [1.54, 1.807) is 30.3 Å². The average Bonchev–Trinajstić information content (AvgIpc) is 2.32. The van der Waals surface area contributed by atoms with Crippen LogP contribution >= 0.6 is 0 Å². The van der Waals surface area contributed by atoms with E-state index in [4.69, 9.17) is 5.73 Å². The van der Waals surface area contributed by atoms with Crippen molar-refractivity contribution in [3.8, 4) is 5.75 Å². The Bertz CT molecular complexity index is 596. The number of aromatic hydroxyl groups is 1. The first-order valence-corrected chi connectivity index (χ1v) is 6.90. The maximum atomic E-state index is 12.2. The summed E-state index contributed by atoms with van der Waals surface area (Å²) in [5.41, 5.74) is 8.21. The summed E-state index contributed by atoms with van der Waals surface area (Å²) >= 11 is 0. The standard InChI is InChI=1S/C14H15NO2S/c1-10-7-13(5-6-14(10)15)18(17)9-11-3-2-4-12(16)8-11/h2-8,16H,9,15H2,1H3. The van der Waals surface area contributed by atoms with Crippen LogP contribution in [-0.4, -0.2) is 9.32 Å². The van der Waals surface area contributed by atoms with Crippen LogP contribution in [0.2, 0.25) is 0 Å². The summed E-state index contributed by atoms with van der Waals surface area (Å²) in [5, 5.41) is 9.36. The van der Waals surface area contributed by atoms with Gasteiger partial charge in [0.25, 0.3) is 0 Å². The number of rotatable bonds is 3. The summed E-state index contributed by atoms with van der Waals surface area (Å²) in [6.07, 6.45) is 0. The van der Waals surface area contributed by atoms with Crippen LogP contribution in [0.3, 0.4) is 0 Å². The third kappa shape index (κ3) is 2.90. The van der Waals surface area contributed by atoms with Gasteiger partial charge in [-0.15, -0.1) is 0 Å². The Morgan fingerprint density at radius 1 is 1.22 bits per heavy atom. The second-order valence-electron chi connectivity index (χ2n) is 4.18. The Balaban J connectivity index is 2.19. The highest BCUT2D eigenvalue weighted by Crippen LogP contribution is 2.19. The smallest absolute Gasteiger partial charge is 0.115 e. The molecule has 0 radical (unpaired) electrons.